The van der Waals surface area contributed by atoms with Crippen molar-refractivity contribution >= 4 is 34.2 Å². The first-order valence-electron chi connectivity index (χ1n) is 5.00. The Morgan fingerprint density at radius 2 is 2.11 bits per heavy atom. The average Bonchev–Trinajstić information content (AvgIpc) is 2.73. The van der Waals surface area contributed by atoms with E-state index in [-0.39, 0.29) is 11.3 Å². The lowest BCUT2D eigenvalue weighted by atomic mass is 10.1. The third-order valence-corrected chi connectivity index (χ3v) is 3.50. The molecular formula is C10H7N5OS2. The second-order valence-corrected chi connectivity index (χ2v) is 5.20. The molecule has 0 aliphatic rings. The van der Waals surface area contributed by atoms with E-state index in [0.29, 0.717) is 20.2 Å². The molecule has 0 atom stereocenters. The van der Waals surface area contributed by atoms with Crippen LogP contribution in [0.2, 0.25) is 0 Å². The minimum Gasteiger partial charge on any atom is -0.398 e. The SMILES string of the molecule is Nc1ccccc1-c1nnc2sc(=S)[nH]n2c1=O. The molecule has 2 aromatic heterocycles. The molecule has 0 bridgehead atoms. The van der Waals surface area contributed by atoms with Crippen molar-refractivity contribution in [3.05, 3.63) is 38.6 Å². The summed E-state index contributed by atoms with van der Waals surface area (Å²) in [5.74, 6) is 0. The van der Waals surface area contributed by atoms with E-state index in [2.05, 4.69) is 15.3 Å². The van der Waals surface area contributed by atoms with Crippen LogP contribution < -0.4 is 11.3 Å². The average molecular weight is 277 g/mol. The third kappa shape index (κ3) is 1.62. The quantitative estimate of drug-likeness (QED) is 0.519. The lowest BCUT2D eigenvalue weighted by Crippen LogP contribution is -2.19. The number of nitrogens with zero attached hydrogens (tertiary/aromatic N) is 3. The molecule has 3 rings (SSSR count). The number of fused-ring (bicyclic) bond motifs is 1. The second kappa shape index (κ2) is 4.00. The summed E-state index contributed by atoms with van der Waals surface area (Å²) >= 11 is 6.16. The fraction of sp³-hybridized carbons (Fsp3) is 0. The van der Waals surface area contributed by atoms with Crippen molar-refractivity contribution in [3.8, 4) is 11.3 Å². The van der Waals surface area contributed by atoms with Crippen LogP contribution in [0.1, 0.15) is 0 Å². The van der Waals surface area contributed by atoms with Gasteiger partial charge in [-0.2, -0.15) is 4.52 Å². The van der Waals surface area contributed by atoms with Gasteiger partial charge in [-0.3, -0.25) is 9.89 Å². The number of anilines is 1. The fourth-order valence-corrected chi connectivity index (χ4v) is 2.54. The van der Waals surface area contributed by atoms with Gasteiger partial charge in [0.05, 0.1) is 0 Å². The van der Waals surface area contributed by atoms with Crippen LogP contribution in [0, 0.1) is 3.95 Å². The number of para-hydroxylation sites is 1. The summed E-state index contributed by atoms with van der Waals surface area (Å²) in [6.45, 7) is 0. The molecule has 0 amide bonds. The Labute approximate surface area is 110 Å². The molecule has 2 heterocycles. The molecule has 8 heteroatoms. The largest absolute Gasteiger partial charge is 0.398 e. The molecule has 18 heavy (non-hydrogen) atoms. The van der Waals surface area contributed by atoms with Crippen molar-refractivity contribution in [3.63, 3.8) is 0 Å². The molecule has 0 radical (unpaired) electrons. The van der Waals surface area contributed by atoms with Gasteiger partial charge in [-0.25, -0.2) is 0 Å². The van der Waals surface area contributed by atoms with Gasteiger partial charge in [0.1, 0.15) is 0 Å². The van der Waals surface area contributed by atoms with Crippen LogP contribution in [0.15, 0.2) is 29.1 Å². The van der Waals surface area contributed by atoms with Crippen molar-refractivity contribution in [2.75, 3.05) is 5.73 Å². The van der Waals surface area contributed by atoms with Gasteiger partial charge >= 0.3 is 0 Å². The molecule has 90 valence electrons. The molecule has 0 unspecified atom stereocenters. The topological polar surface area (TPSA) is 89.1 Å². The van der Waals surface area contributed by atoms with Crippen molar-refractivity contribution in [2.24, 2.45) is 0 Å². The van der Waals surface area contributed by atoms with E-state index in [4.69, 9.17) is 18.0 Å². The number of nitrogens with one attached hydrogen (secondary N) is 1. The van der Waals surface area contributed by atoms with Gasteiger partial charge < -0.3 is 5.73 Å². The standard InChI is InChI=1S/C10H7N5OS2/c11-6-4-2-1-3-5(6)7-8(16)15-9(13-12-7)18-10(17)14-15/h1-4H,11H2,(H,14,17). The Balaban J connectivity index is 2.38. The van der Waals surface area contributed by atoms with Crippen molar-refractivity contribution in [1.82, 2.24) is 19.8 Å². The van der Waals surface area contributed by atoms with Crippen LogP contribution in [-0.4, -0.2) is 19.8 Å². The number of rotatable bonds is 1. The summed E-state index contributed by atoms with van der Waals surface area (Å²) in [7, 11) is 0. The van der Waals surface area contributed by atoms with Gasteiger partial charge in [-0.05, 0) is 18.3 Å². The van der Waals surface area contributed by atoms with Crippen LogP contribution in [0.3, 0.4) is 0 Å². The maximum atomic E-state index is 12.2. The van der Waals surface area contributed by atoms with Gasteiger partial charge in [0.2, 0.25) is 4.96 Å². The maximum absolute atomic E-state index is 12.2. The molecule has 0 spiro atoms. The van der Waals surface area contributed by atoms with Crippen molar-refractivity contribution in [2.45, 2.75) is 0 Å². The lowest BCUT2D eigenvalue weighted by Gasteiger charge is -2.02. The minimum absolute atomic E-state index is 0.203. The van der Waals surface area contributed by atoms with E-state index >= 15 is 0 Å². The number of nitrogen functional groups attached to an aromatic ring is 1. The monoisotopic (exact) mass is 277 g/mol. The Bertz CT molecular complexity index is 847. The van der Waals surface area contributed by atoms with Crippen molar-refractivity contribution < 1.29 is 0 Å². The normalized spacial score (nSPS) is 10.9. The minimum atomic E-state index is -0.315. The number of aromatic nitrogens is 4. The van der Waals surface area contributed by atoms with Gasteiger partial charge in [0.25, 0.3) is 5.56 Å². The third-order valence-electron chi connectivity index (χ3n) is 2.44. The van der Waals surface area contributed by atoms with Crippen LogP contribution in [0.5, 0.6) is 0 Å². The molecule has 0 saturated heterocycles. The number of aromatic amines is 1. The zero-order valence-corrected chi connectivity index (χ0v) is 10.6. The molecule has 1 aromatic carbocycles. The smallest absolute Gasteiger partial charge is 0.300 e. The molecule has 3 aromatic rings. The van der Waals surface area contributed by atoms with E-state index in [0.717, 1.165) is 0 Å². The van der Waals surface area contributed by atoms with Crippen molar-refractivity contribution in [1.29, 1.82) is 0 Å². The van der Waals surface area contributed by atoms with E-state index < -0.39 is 0 Å². The Kier molecular flexibility index (Phi) is 2.46. The highest BCUT2D eigenvalue weighted by molar-refractivity contribution is 7.73. The molecule has 6 nitrogen and oxygen atoms in total. The van der Waals surface area contributed by atoms with E-state index in [1.165, 1.54) is 15.9 Å². The lowest BCUT2D eigenvalue weighted by molar-refractivity contribution is 0.855. The van der Waals surface area contributed by atoms with Crippen LogP contribution >= 0.6 is 23.6 Å². The first kappa shape index (κ1) is 11.1. The molecule has 3 N–H and O–H groups in total. The summed E-state index contributed by atoms with van der Waals surface area (Å²) in [5, 5.41) is 10.6. The van der Waals surface area contributed by atoms with Crippen LogP contribution in [0.25, 0.3) is 16.2 Å². The first-order valence-corrected chi connectivity index (χ1v) is 6.23. The molecule has 0 aliphatic heterocycles. The number of H-pyrrole nitrogens is 1. The van der Waals surface area contributed by atoms with Gasteiger partial charge in [0, 0.05) is 11.3 Å². The van der Waals surface area contributed by atoms with Gasteiger partial charge in [-0.1, -0.05) is 29.5 Å². The molecule has 0 aliphatic carbocycles. The van der Waals surface area contributed by atoms with Crippen LogP contribution in [-0.2, 0) is 0 Å². The second-order valence-electron chi connectivity index (χ2n) is 3.56. The zero-order valence-electron chi connectivity index (χ0n) is 8.95. The summed E-state index contributed by atoms with van der Waals surface area (Å²) in [6.07, 6.45) is 0. The highest BCUT2D eigenvalue weighted by Crippen LogP contribution is 2.20. The number of hydrogen-bond donors (Lipinski definition) is 2. The molecule has 0 fully saturated rings. The maximum Gasteiger partial charge on any atom is 0.300 e. The highest BCUT2D eigenvalue weighted by atomic mass is 32.1. The predicted octanol–water partition coefficient (Wildman–Crippen LogP) is 1.46. The van der Waals surface area contributed by atoms with Gasteiger partial charge in [0.15, 0.2) is 9.65 Å². The summed E-state index contributed by atoms with van der Waals surface area (Å²) in [5.41, 5.74) is 6.76. The molecular weight excluding hydrogens is 270 g/mol. The predicted molar refractivity (Wildman–Crippen MR) is 72.2 cm³/mol. The van der Waals surface area contributed by atoms with Crippen LogP contribution in [0.4, 0.5) is 5.69 Å². The van der Waals surface area contributed by atoms with Gasteiger partial charge in [-0.15, -0.1) is 10.2 Å². The zero-order chi connectivity index (χ0) is 12.7. The number of hydrogen-bond acceptors (Lipinski definition) is 6. The summed E-state index contributed by atoms with van der Waals surface area (Å²) < 4.78 is 1.75. The van der Waals surface area contributed by atoms with E-state index in [1.807, 2.05) is 0 Å². The first-order chi connectivity index (χ1) is 8.66. The van der Waals surface area contributed by atoms with E-state index in [1.54, 1.807) is 24.3 Å². The van der Waals surface area contributed by atoms with E-state index in [9.17, 15) is 4.79 Å². The highest BCUT2D eigenvalue weighted by Gasteiger charge is 2.12. The number of nitrogens with two attached hydrogens (primary N) is 1. The Morgan fingerprint density at radius 3 is 2.89 bits per heavy atom. The Hall–Kier alpha value is -2.06. The Morgan fingerprint density at radius 1 is 1.33 bits per heavy atom. The summed E-state index contributed by atoms with van der Waals surface area (Å²) in [6, 6.07) is 7.02. The fourth-order valence-electron chi connectivity index (χ4n) is 1.62. The molecule has 0 saturated carbocycles. The summed E-state index contributed by atoms with van der Waals surface area (Å²) in [4.78, 5) is 12.7. The number of benzene rings is 1.